The summed E-state index contributed by atoms with van der Waals surface area (Å²) in [5.41, 5.74) is 7.56. The number of carbonyl (C=O) groups is 1. The molecule has 5 nitrogen and oxygen atoms in total. The van der Waals surface area contributed by atoms with Crippen molar-refractivity contribution in [1.82, 2.24) is 10.2 Å². The highest BCUT2D eigenvalue weighted by molar-refractivity contribution is 7.15. The number of nitrogens with two attached hydrogens (primary N) is 1. The third-order valence-electron chi connectivity index (χ3n) is 3.67. The van der Waals surface area contributed by atoms with Crippen molar-refractivity contribution in [3.8, 4) is 0 Å². The summed E-state index contributed by atoms with van der Waals surface area (Å²) in [4.78, 5) is 15.9. The van der Waals surface area contributed by atoms with E-state index in [-0.39, 0.29) is 11.9 Å². The second-order valence-corrected chi connectivity index (χ2v) is 6.29. The number of amides is 1. The molecule has 0 atom stereocenters. The van der Waals surface area contributed by atoms with Gasteiger partial charge in [-0.05, 0) is 36.6 Å². The van der Waals surface area contributed by atoms with Gasteiger partial charge in [0.25, 0.3) is 5.91 Å². The Morgan fingerprint density at radius 2 is 2.35 bits per heavy atom. The first kappa shape index (κ1) is 17.0. The molecule has 0 fully saturated rings. The number of hydrogen-bond acceptors (Lipinski definition) is 3. The number of nitrogens with zero attached hydrogens (tertiary/aromatic N) is 1. The van der Waals surface area contributed by atoms with Crippen molar-refractivity contribution in [2.75, 3.05) is 13.1 Å². The zero-order chi connectivity index (χ0) is 16.8. The standard InChI is InChI=1S/C17H22N4OS/c1-3-5-13(4-2)20-16(22)15-7-6-14(23-15)12-8-10-21(11-9-12)17(18)19/h3,5-8H,1,4,9-11H2,2H3,(H3,18,19)(H,20,22)/b13-5+. The molecular weight excluding hydrogens is 308 g/mol. The Morgan fingerprint density at radius 1 is 1.57 bits per heavy atom. The van der Waals surface area contributed by atoms with Crippen molar-refractivity contribution in [2.45, 2.75) is 19.8 Å². The summed E-state index contributed by atoms with van der Waals surface area (Å²) in [6.45, 7) is 7.02. The molecule has 0 aromatic carbocycles. The highest BCUT2D eigenvalue weighted by atomic mass is 32.1. The monoisotopic (exact) mass is 330 g/mol. The number of thiophene rings is 1. The average molecular weight is 330 g/mol. The van der Waals surface area contributed by atoms with Crippen LogP contribution in [0.15, 0.2) is 42.6 Å². The van der Waals surface area contributed by atoms with Gasteiger partial charge in [-0.1, -0.05) is 25.7 Å². The van der Waals surface area contributed by atoms with E-state index in [1.807, 2.05) is 30.0 Å². The largest absolute Gasteiger partial charge is 0.370 e. The number of carbonyl (C=O) groups excluding carboxylic acids is 1. The molecule has 0 saturated carbocycles. The zero-order valence-electron chi connectivity index (χ0n) is 13.3. The van der Waals surface area contributed by atoms with E-state index in [9.17, 15) is 4.79 Å². The summed E-state index contributed by atoms with van der Waals surface area (Å²) in [5.74, 6) is 0.0191. The summed E-state index contributed by atoms with van der Waals surface area (Å²) < 4.78 is 0. The minimum Gasteiger partial charge on any atom is -0.370 e. The fraction of sp³-hybridized carbons (Fsp3) is 0.294. The molecule has 0 bridgehead atoms. The molecule has 0 radical (unpaired) electrons. The third kappa shape index (κ3) is 4.32. The second kappa shape index (κ2) is 7.78. The molecule has 1 aromatic heterocycles. The van der Waals surface area contributed by atoms with Gasteiger partial charge in [0.2, 0.25) is 0 Å². The Labute approximate surface area is 140 Å². The molecule has 23 heavy (non-hydrogen) atoms. The molecule has 1 aliphatic heterocycles. The predicted octanol–water partition coefficient (Wildman–Crippen LogP) is 2.94. The van der Waals surface area contributed by atoms with Gasteiger partial charge in [-0.3, -0.25) is 10.2 Å². The van der Waals surface area contributed by atoms with Crippen LogP contribution in [-0.4, -0.2) is 29.9 Å². The van der Waals surface area contributed by atoms with E-state index in [2.05, 4.69) is 18.0 Å². The lowest BCUT2D eigenvalue weighted by Gasteiger charge is -2.26. The topological polar surface area (TPSA) is 82.2 Å². The van der Waals surface area contributed by atoms with E-state index < -0.39 is 0 Å². The number of guanidine groups is 1. The smallest absolute Gasteiger partial charge is 0.265 e. The van der Waals surface area contributed by atoms with Crippen LogP contribution < -0.4 is 11.1 Å². The Balaban J connectivity index is 2.06. The molecule has 0 saturated heterocycles. The van der Waals surface area contributed by atoms with E-state index >= 15 is 0 Å². The Hall–Kier alpha value is -2.34. The van der Waals surface area contributed by atoms with Crippen molar-refractivity contribution in [3.63, 3.8) is 0 Å². The van der Waals surface area contributed by atoms with Gasteiger partial charge in [0.05, 0.1) is 4.88 Å². The Bertz CT molecular complexity index is 672. The van der Waals surface area contributed by atoms with Gasteiger partial charge in [0.15, 0.2) is 5.96 Å². The van der Waals surface area contributed by atoms with Crippen LogP contribution in [0.3, 0.4) is 0 Å². The van der Waals surface area contributed by atoms with Gasteiger partial charge >= 0.3 is 0 Å². The minimum absolute atomic E-state index is 0.0852. The van der Waals surface area contributed by atoms with E-state index in [4.69, 9.17) is 11.1 Å². The average Bonchev–Trinajstić information content (AvgIpc) is 3.04. The van der Waals surface area contributed by atoms with Crippen LogP contribution in [0.25, 0.3) is 5.57 Å². The number of nitrogens with one attached hydrogen (secondary N) is 2. The summed E-state index contributed by atoms with van der Waals surface area (Å²) >= 11 is 1.49. The highest BCUT2D eigenvalue weighted by Crippen LogP contribution is 2.28. The van der Waals surface area contributed by atoms with E-state index in [0.717, 1.165) is 30.0 Å². The SMILES string of the molecule is C=C/C=C(\CC)NC(=O)c1ccc(C2=CCN(C(=N)N)CC2)s1. The van der Waals surface area contributed by atoms with Crippen molar-refractivity contribution >= 4 is 28.8 Å². The zero-order valence-corrected chi connectivity index (χ0v) is 14.1. The second-order valence-electron chi connectivity index (χ2n) is 5.21. The first-order valence-corrected chi connectivity index (χ1v) is 8.38. The molecule has 2 rings (SSSR count). The van der Waals surface area contributed by atoms with Gasteiger partial charge < -0.3 is 16.0 Å². The number of allylic oxidation sites excluding steroid dienone is 3. The molecule has 4 N–H and O–H groups in total. The normalized spacial score (nSPS) is 15.1. The molecule has 1 aliphatic rings. The molecule has 0 unspecified atom stereocenters. The van der Waals surface area contributed by atoms with Gasteiger partial charge in [0, 0.05) is 23.7 Å². The summed E-state index contributed by atoms with van der Waals surface area (Å²) in [6, 6.07) is 3.84. The highest BCUT2D eigenvalue weighted by Gasteiger charge is 2.17. The summed E-state index contributed by atoms with van der Waals surface area (Å²) in [6.07, 6.45) is 7.15. The Morgan fingerprint density at radius 3 is 2.91 bits per heavy atom. The van der Waals surface area contributed by atoms with Crippen LogP contribution in [-0.2, 0) is 0 Å². The van der Waals surface area contributed by atoms with E-state index in [1.54, 1.807) is 6.08 Å². The van der Waals surface area contributed by atoms with Crippen LogP contribution in [0.2, 0.25) is 0 Å². The van der Waals surface area contributed by atoms with Crippen LogP contribution in [0, 0.1) is 5.41 Å². The van der Waals surface area contributed by atoms with Gasteiger partial charge in [-0.15, -0.1) is 11.3 Å². The van der Waals surface area contributed by atoms with Gasteiger partial charge in [-0.2, -0.15) is 0 Å². The number of rotatable bonds is 5. The Kier molecular flexibility index (Phi) is 5.76. The van der Waals surface area contributed by atoms with Crippen molar-refractivity contribution in [3.05, 3.63) is 52.4 Å². The van der Waals surface area contributed by atoms with Crippen LogP contribution in [0.4, 0.5) is 0 Å². The molecule has 0 aliphatic carbocycles. The molecule has 2 heterocycles. The van der Waals surface area contributed by atoms with Gasteiger partial charge in [0.1, 0.15) is 0 Å². The predicted molar refractivity (Wildman–Crippen MR) is 96.4 cm³/mol. The molecule has 1 aromatic rings. The lowest BCUT2D eigenvalue weighted by Crippen LogP contribution is -2.39. The first-order valence-electron chi connectivity index (χ1n) is 7.56. The lowest BCUT2D eigenvalue weighted by atomic mass is 10.1. The number of hydrogen-bond donors (Lipinski definition) is 3. The summed E-state index contributed by atoms with van der Waals surface area (Å²) in [5, 5.41) is 10.4. The quantitative estimate of drug-likeness (QED) is 0.441. The van der Waals surface area contributed by atoms with E-state index in [0.29, 0.717) is 11.4 Å². The minimum atomic E-state index is -0.0852. The summed E-state index contributed by atoms with van der Waals surface area (Å²) in [7, 11) is 0. The van der Waals surface area contributed by atoms with Crippen molar-refractivity contribution < 1.29 is 4.79 Å². The fourth-order valence-electron chi connectivity index (χ4n) is 2.34. The fourth-order valence-corrected chi connectivity index (χ4v) is 3.31. The van der Waals surface area contributed by atoms with E-state index in [1.165, 1.54) is 16.9 Å². The maximum absolute atomic E-state index is 12.3. The van der Waals surface area contributed by atoms with Crippen LogP contribution in [0.1, 0.15) is 34.3 Å². The molecule has 1 amide bonds. The third-order valence-corrected chi connectivity index (χ3v) is 4.83. The van der Waals surface area contributed by atoms with Crippen molar-refractivity contribution in [2.24, 2.45) is 5.73 Å². The molecule has 122 valence electrons. The molecule has 6 heteroatoms. The van der Waals surface area contributed by atoms with Gasteiger partial charge in [-0.25, -0.2) is 0 Å². The van der Waals surface area contributed by atoms with Crippen LogP contribution in [0.5, 0.6) is 0 Å². The first-order chi connectivity index (χ1) is 11.0. The maximum atomic E-state index is 12.3. The molecule has 0 spiro atoms. The van der Waals surface area contributed by atoms with Crippen molar-refractivity contribution in [1.29, 1.82) is 5.41 Å². The molecular formula is C17H22N4OS. The van der Waals surface area contributed by atoms with Crippen LogP contribution >= 0.6 is 11.3 Å². The maximum Gasteiger partial charge on any atom is 0.265 e. The lowest BCUT2D eigenvalue weighted by molar-refractivity contribution is 0.0969.